The Hall–Kier alpha value is -3.40. The van der Waals surface area contributed by atoms with Gasteiger partial charge in [-0.1, -0.05) is 47.5 Å². The molecule has 3 aromatic rings. The molecule has 0 saturated heterocycles. The first-order valence-corrected chi connectivity index (χ1v) is 10.2. The van der Waals surface area contributed by atoms with Crippen molar-refractivity contribution in [2.24, 2.45) is 0 Å². The first-order valence-electron chi connectivity index (χ1n) is 10.2. The number of benzene rings is 3. The van der Waals surface area contributed by atoms with E-state index in [1.807, 2.05) is 50.2 Å². The third-order valence-electron chi connectivity index (χ3n) is 5.51. The highest BCUT2D eigenvalue weighted by Gasteiger charge is 2.21. The SMILES string of the molecule is CC1=C(C(=O)Oc2cccc3cccc(OC(=O)c4ccc(C)cc4)c23)CCCC1. The number of fused-ring (bicyclic) bond motifs is 1. The highest BCUT2D eigenvalue weighted by molar-refractivity contribution is 6.00. The second-order valence-electron chi connectivity index (χ2n) is 7.72. The maximum absolute atomic E-state index is 12.8. The van der Waals surface area contributed by atoms with Gasteiger partial charge in [0.25, 0.3) is 0 Å². The van der Waals surface area contributed by atoms with Gasteiger partial charge in [0.1, 0.15) is 11.5 Å². The molecule has 0 radical (unpaired) electrons. The van der Waals surface area contributed by atoms with Gasteiger partial charge in [0, 0.05) is 5.57 Å². The lowest BCUT2D eigenvalue weighted by Crippen LogP contribution is -2.15. The Kier molecular flexibility index (Phi) is 5.66. The van der Waals surface area contributed by atoms with Crippen molar-refractivity contribution in [2.75, 3.05) is 0 Å². The Bertz CT molecular complexity index is 1130. The molecule has 0 saturated carbocycles. The molecule has 4 nitrogen and oxygen atoms in total. The zero-order chi connectivity index (χ0) is 21.1. The Morgan fingerprint density at radius 1 is 0.733 bits per heavy atom. The summed E-state index contributed by atoms with van der Waals surface area (Å²) in [6, 6.07) is 18.1. The normalized spacial score (nSPS) is 13.9. The van der Waals surface area contributed by atoms with E-state index in [4.69, 9.17) is 9.47 Å². The van der Waals surface area contributed by atoms with Crippen LogP contribution >= 0.6 is 0 Å². The highest BCUT2D eigenvalue weighted by Crippen LogP contribution is 2.35. The molecular formula is C26H24O4. The average molecular weight is 400 g/mol. The molecule has 152 valence electrons. The fourth-order valence-electron chi connectivity index (χ4n) is 3.79. The summed E-state index contributed by atoms with van der Waals surface area (Å²) in [5.74, 6) is 0.000303. The third-order valence-corrected chi connectivity index (χ3v) is 5.51. The van der Waals surface area contributed by atoms with E-state index in [0.29, 0.717) is 22.4 Å². The fraction of sp³-hybridized carbons (Fsp3) is 0.231. The molecule has 3 aromatic carbocycles. The summed E-state index contributed by atoms with van der Waals surface area (Å²) in [5.41, 5.74) is 3.39. The van der Waals surface area contributed by atoms with E-state index >= 15 is 0 Å². The zero-order valence-corrected chi connectivity index (χ0v) is 17.2. The minimum atomic E-state index is -0.450. The van der Waals surface area contributed by atoms with E-state index in [1.54, 1.807) is 24.3 Å². The van der Waals surface area contributed by atoms with Crippen LogP contribution in [0.25, 0.3) is 10.8 Å². The molecule has 0 fully saturated rings. The van der Waals surface area contributed by atoms with E-state index in [9.17, 15) is 9.59 Å². The fourth-order valence-corrected chi connectivity index (χ4v) is 3.79. The predicted octanol–water partition coefficient (Wildman–Crippen LogP) is 6.16. The van der Waals surface area contributed by atoms with Gasteiger partial charge in [0.05, 0.1) is 10.9 Å². The lowest BCUT2D eigenvalue weighted by molar-refractivity contribution is -0.130. The van der Waals surface area contributed by atoms with Crippen molar-refractivity contribution in [3.8, 4) is 11.5 Å². The molecule has 0 atom stereocenters. The maximum Gasteiger partial charge on any atom is 0.343 e. The van der Waals surface area contributed by atoms with Crippen LogP contribution in [-0.4, -0.2) is 11.9 Å². The molecule has 1 aliphatic carbocycles. The van der Waals surface area contributed by atoms with Crippen LogP contribution in [0.5, 0.6) is 11.5 Å². The lowest BCUT2D eigenvalue weighted by Gasteiger charge is -2.17. The van der Waals surface area contributed by atoms with Gasteiger partial charge in [0.15, 0.2) is 0 Å². The summed E-state index contributed by atoms with van der Waals surface area (Å²) < 4.78 is 11.5. The van der Waals surface area contributed by atoms with Crippen molar-refractivity contribution in [1.29, 1.82) is 0 Å². The van der Waals surface area contributed by atoms with Crippen molar-refractivity contribution < 1.29 is 19.1 Å². The Morgan fingerprint density at radius 3 is 1.97 bits per heavy atom. The number of carbonyl (C=O) groups is 2. The van der Waals surface area contributed by atoms with E-state index in [0.717, 1.165) is 47.8 Å². The van der Waals surface area contributed by atoms with Crippen LogP contribution in [0.2, 0.25) is 0 Å². The number of rotatable bonds is 4. The minimum absolute atomic E-state index is 0.320. The maximum atomic E-state index is 12.8. The first-order chi connectivity index (χ1) is 14.5. The van der Waals surface area contributed by atoms with Gasteiger partial charge in [0.2, 0.25) is 0 Å². The third kappa shape index (κ3) is 4.13. The summed E-state index contributed by atoms with van der Waals surface area (Å²) >= 11 is 0. The molecule has 4 rings (SSSR count). The summed E-state index contributed by atoms with van der Waals surface area (Å²) in [4.78, 5) is 25.5. The molecule has 0 bridgehead atoms. The monoisotopic (exact) mass is 400 g/mol. The number of ether oxygens (including phenoxy) is 2. The second-order valence-corrected chi connectivity index (χ2v) is 7.72. The van der Waals surface area contributed by atoms with Crippen LogP contribution in [0.15, 0.2) is 71.8 Å². The Morgan fingerprint density at radius 2 is 1.33 bits per heavy atom. The van der Waals surface area contributed by atoms with Crippen molar-refractivity contribution in [2.45, 2.75) is 39.5 Å². The van der Waals surface area contributed by atoms with Gasteiger partial charge in [-0.05, 0) is 69.2 Å². The van der Waals surface area contributed by atoms with Crippen molar-refractivity contribution >= 4 is 22.7 Å². The lowest BCUT2D eigenvalue weighted by atomic mass is 9.93. The van der Waals surface area contributed by atoms with Crippen LogP contribution in [0.4, 0.5) is 0 Å². The van der Waals surface area contributed by atoms with Gasteiger partial charge < -0.3 is 9.47 Å². The van der Waals surface area contributed by atoms with Gasteiger partial charge in [-0.15, -0.1) is 0 Å². The van der Waals surface area contributed by atoms with Gasteiger partial charge in [-0.2, -0.15) is 0 Å². The number of allylic oxidation sites excluding steroid dienone is 1. The molecule has 0 unspecified atom stereocenters. The Labute approximate surface area is 176 Å². The van der Waals surface area contributed by atoms with Gasteiger partial charge >= 0.3 is 11.9 Å². The number of hydrogen-bond donors (Lipinski definition) is 0. The molecule has 0 heterocycles. The quantitative estimate of drug-likeness (QED) is 0.389. The van der Waals surface area contributed by atoms with Crippen molar-refractivity contribution in [3.63, 3.8) is 0 Å². The summed E-state index contributed by atoms with van der Waals surface area (Å²) in [5, 5.41) is 1.45. The van der Waals surface area contributed by atoms with E-state index in [1.165, 1.54) is 0 Å². The molecule has 0 spiro atoms. The van der Waals surface area contributed by atoms with E-state index in [2.05, 4.69) is 0 Å². The standard InChI is InChI=1S/C26H24O4/c1-17-13-15-20(16-14-17)25(27)29-22-11-5-8-19-9-6-12-23(24(19)22)30-26(28)21-10-4-3-7-18(21)2/h5-6,8-9,11-16H,3-4,7,10H2,1-2H3. The van der Waals surface area contributed by atoms with Crippen LogP contribution in [0.1, 0.15) is 48.5 Å². The van der Waals surface area contributed by atoms with Crippen LogP contribution in [-0.2, 0) is 4.79 Å². The molecule has 4 heteroatoms. The van der Waals surface area contributed by atoms with Gasteiger partial charge in [-0.3, -0.25) is 0 Å². The topological polar surface area (TPSA) is 52.6 Å². The Balaban J connectivity index is 1.67. The molecule has 0 amide bonds. The first kappa shape index (κ1) is 19.9. The van der Waals surface area contributed by atoms with Crippen LogP contribution in [0.3, 0.4) is 0 Å². The number of esters is 2. The summed E-state index contributed by atoms with van der Waals surface area (Å²) in [6.45, 7) is 3.96. The van der Waals surface area contributed by atoms with Crippen LogP contribution < -0.4 is 9.47 Å². The number of carbonyl (C=O) groups excluding carboxylic acids is 2. The molecular weight excluding hydrogens is 376 g/mol. The molecule has 0 aliphatic heterocycles. The smallest absolute Gasteiger partial charge is 0.343 e. The molecule has 1 aliphatic rings. The van der Waals surface area contributed by atoms with Crippen molar-refractivity contribution in [3.05, 3.63) is 82.9 Å². The second kappa shape index (κ2) is 8.54. The van der Waals surface area contributed by atoms with Crippen LogP contribution in [0, 0.1) is 6.92 Å². The zero-order valence-electron chi connectivity index (χ0n) is 17.2. The largest absolute Gasteiger partial charge is 0.422 e. The summed E-state index contributed by atoms with van der Waals surface area (Å²) in [7, 11) is 0. The number of aryl methyl sites for hydroxylation is 1. The molecule has 0 N–H and O–H groups in total. The highest BCUT2D eigenvalue weighted by atomic mass is 16.5. The van der Waals surface area contributed by atoms with E-state index in [-0.39, 0.29) is 5.97 Å². The predicted molar refractivity (Wildman–Crippen MR) is 117 cm³/mol. The van der Waals surface area contributed by atoms with Crippen molar-refractivity contribution in [1.82, 2.24) is 0 Å². The van der Waals surface area contributed by atoms with E-state index < -0.39 is 5.97 Å². The molecule has 0 aromatic heterocycles. The average Bonchev–Trinajstić information content (AvgIpc) is 2.74. The summed E-state index contributed by atoms with van der Waals surface area (Å²) in [6.07, 6.45) is 3.77. The minimum Gasteiger partial charge on any atom is -0.422 e. The number of hydrogen-bond acceptors (Lipinski definition) is 4. The molecule has 30 heavy (non-hydrogen) atoms. The van der Waals surface area contributed by atoms with Gasteiger partial charge in [-0.25, -0.2) is 9.59 Å².